The topological polar surface area (TPSA) is 44.1 Å². The molecule has 0 N–H and O–H groups in total. The Labute approximate surface area is 92.9 Å². The van der Waals surface area contributed by atoms with Crippen LogP contribution in [0.4, 0.5) is 5.69 Å². The third kappa shape index (κ3) is 1.81. The minimum Gasteiger partial charge on any atom is -0.310 e. The van der Waals surface area contributed by atoms with Gasteiger partial charge in [-0.05, 0) is 12.1 Å². The third-order valence-corrected chi connectivity index (χ3v) is 2.69. The molecule has 1 aromatic carbocycles. The van der Waals surface area contributed by atoms with E-state index in [-0.39, 0.29) is 11.3 Å². The number of benzene rings is 1. The maximum absolute atomic E-state index is 11.6. The number of nitrogens with zero attached hydrogens (tertiary/aromatic N) is 2. The van der Waals surface area contributed by atoms with Crippen molar-refractivity contribution in [2.45, 2.75) is 11.8 Å². The number of anilines is 1. The highest BCUT2D eigenvalue weighted by atomic mass is 35.5. The molecule has 3 nitrogen and oxygen atoms in total. The number of nitriles is 1. The smallest absolute Gasteiger partial charge is 0.228 e. The van der Waals surface area contributed by atoms with Gasteiger partial charge < -0.3 is 4.90 Å². The molecule has 0 aromatic heterocycles. The van der Waals surface area contributed by atoms with Gasteiger partial charge in [0.25, 0.3) is 0 Å². The summed E-state index contributed by atoms with van der Waals surface area (Å²) in [5, 5.41) is 8.76. The summed E-state index contributed by atoms with van der Waals surface area (Å²) in [5.74, 6) is -0.0160. The Bertz CT molecular complexity index is 438. The molecule has 0 bridgehead atoms. The number of para-hydroxylation sites is 1. The summed E-state index contributed by atoms with van der Waals surface area (Å²) < 4.78 is 0. The molecule has 1 unspecified atom stereocenters. The first-order valence-corrected chi connectivity index (χ1v) is 5.09. The SMILES string of the molecule is N#Cc1ccccc1N1CC(Cl)CC1=O. The molecule has 4 heteroatoms. The van der Waals surface area contributed by atoms with E-state index in [2.05, 4.69) is 6.07 Å². The molecule has 1 aliphatic heterocycles. The van der Waals surface area contributed by atoms with Gasteiger partial charge in [0.05, 0.1) is 16.6 Å². The minimum atomic E-state index is -0.149. The molecule has 1 fully saturated rings. The Morgan fingerprint density at radius 1 is 1.47 bits per heavy atom. The van der Waals surface area contributed by atoms with Gasteiger partial charge in [0, 0.05) is 13.0 Å². The van der Waals surface area contributed by atoms with Gasteiger partial charge >= 0.3 is 0 Å². The molecule has 1 heterocycles. The van der Waals surface area contributed by atoms with E-state index in [9.17, 15) is 4.79 Å². The Morgan fingerprint density at radius 3 is 2.80 bits per heavy atom. The van der Waals surface area contributed by atoms with Crippen LogP contribution in [-0.2, 0) is 4.79 Å². The molecule has 76 valence electrons. The van der Waals surface area contributed by atoms with E-state index in [4.69, 9.17) is 16.9 Å². The lowest BCUT2D eigenvalue weighted by Crippen LogP contribution is -2.25. The van der Waals surface area contributed by atoms with E-state index >= 15 is 0 Å². The average molecular weight is 221 g/mol. The fraction of sp³-hybridized carbons (Fsp3) is 0.273. The zero-order valence-corrected chi connectivity index (χ0v) is 8.74. The van der Waals surface area contributed by atoms with Crippen LogP contribution in [0.5, 0.6) is 0 Å². The summed E-state index contributed by atoms with van der Waals surface area (Å²) in [5.41, 5.74) is 1.17. The summed E-state index contributed by atoms with van der Waals surface area (Å²) in [6, 6.07) is 9.13. The first-order valence-electron chi connectivity index (χ1n) is 4.66. The molecule has 0 radical (unpaired) electrons. The highest BCUT2D eigenvalue weighted by molar-refractivity contribution is 6.24. The average Bonchev–Trinajstić information content (AvgIpc) is 2.57. The van der Waals surface area contributed by atoms with Gasteiger partial charge in [0.15, 0.2) is 0 Å². The molecular weight excluding hydrogens is 212 g/mol. The number of rotatable bonds is 1. The van der Waals surface area contributed by atoms with Crippen molar-refractivity contribution in [1.29, 1.82) is 5.26 Å². The number of carbonyl (C=O) groups is 1. The molecule has 1 saturated heterocycles. The second kappa shape index (κ2) is 3.92. The van der Waals surface area contributed by atoms with Gasteiger partial charge in [0.2, 0.25) is 5.91 Å². The quantitative estimate of drug-likeness (QED) is 0.679. The molecule has 1 atom stereocenters. The Morgan fingerprint density at radius 2 is 2.20 bits per heavy atom. The molecule has 1 amide bonds. The van der Waals surface area contributed by atoms with Crippen molar-refractivity contribution < 1.29 is 4.79 Å². The standard InChI is InChI=1S/C11H9ClN2O/c12-9-5-11(15)14(7-9)10-4-2-1-3-8(10)6-13/h1-4,9H,5,7H2. The molecule has 1 aromatic rings. The van der Waals surface area contributed by atoms with E-state index in [1.807, 2.05) is 6.07 Å². The Balaban J connectivity index is 2.38. The van der Waals surface area contributed by atoms with Crippen LogP contribution in [-0.4, -0.2) is 17.8 Å². The largest absolute Gasteiger partial charge is 0.310 e. The molecule has 1 aliphatic rings. The summed E-state index contributed by atoms with van der Waals surface area (Å²) in [6.07, 6.45) is 0.349. The molecular formula is C11H9ClN2O. The van der Waals surface area contributed by atoms with Crippen molar-refractivity contribution in [2.24, 2.45) is 0 Å². The molecule has 0 saturated carbocycles. The van der Waals surface area contributed by atoms with Crippen molar-refractivity contribution >= 4 is 23.2 Å². The van der Waals surface area contributed by atoms with Crippen LogP contribution < -0.4 is 4.90 Å². The first kappa shape index (κ1) is 10.0. The monoisotopic (exact) mass is 220 g/mol. The number of hydrogen-bond donors (Lipinski definition) is 0. The number of halogens is 1. The van der Waals surface area contributed by atoms with Crippen LogP contribution in [0.15, 0.2) is 24.3 Å². The second-order valence-corrected chi connectivity index (χ2v) is 4.05. The van der Waals surface area contributed by atoms with Crippen molar-refractivity contribution in [3.05, 3.63) is 29.8 Å². The maximum Gasteiger partial charge on any atom is 0.228 e. The van der Waals surface area contributed by atoms with Crippen LogP contribution in [0.2, 0.25) is 0 Å². The second-order valence-electron chi connectivity index (χ2n) is 3.43. The van der Waals surface area contributed by atoms with Gasteiger partial charge in [-0.25, -0.2) is 0 Å². The van der Waals surface area contributed by atoms with Crippen LogP contribution >= 0.6 is 11.6 Å². The van der Waals surface area contributed by atoms with Gasteiger partial charge in [-0.2, -0.15) is 5.26 Å². The summed E-state index contributed by atoms with van der Waals surface area (Å²) >= 11 is 5.90. The van der Waals surface area contributed by atoms with Crippen LogP contribution in [0.3, 0.4) is 0 Å². The number of amides is 1. The lowest BCUT2D eigenvalue weighted by atomic mass is 10.2. The predicted octanol–water partition coefficient (Wildman–Crippen LogP) is 1.90. The normalized spacial score (nSPS) is 20.4. The van der Waals surface area contributed by atoms with Crippen LogP contribution in [0.1, 0.15) is 12.0 Å². The van der Waals surface area contributed by atoms with Crippen molar-refractivity contribution in [1.82, 2.24) is 0 Å². The number of carbonyl (C=O) groups excluding carboxylic acids is 1. The highest BCUT2D eigenvalue weighted by Gasteiger charge is 2.30. The lowest BCUT2D eigenvalue weighted by Gasteiger charge is -2.16. The predicted molar refractivity (Wildman–Crippen MR) is 57.8 cm³/mol. The summed E-state index contributed by atoms with van der Waals surface area (Å²) in [4.78, 5) is 13.2. The van der Waals surface area contributed by atoms with E-state index in [1.165, 1.54) is 0 Å². The fourth-order valence-electron chi connectivity index (χ4n) is 1.70. The van der Waals surface area contributed by atoms with Crippen molar-refractivity contribution in [3.8, 4) is 6.07 Å². The van der Waals surface area contributed by atoms with Crippen LogP contribution in [0, 0.1) is 11.3 Å². The van der Waals surface area contributed by atoms with E-state index in [1.54, 1.807) is 23.1 Å². The van der Waals surface area contributed by atoms with Gasteiger partial charge in [-0.1, -0.05) is 12.1 Å². The minimum absolute atomic E-state index is 0.0160. The van der Waals surface area contributed by atoms with Crippen molar-refractivity contribution in [2.75, 3.05) is 11.4 Å². The number of hydrogen-bond acceptors (Lipinski definition) is 2. The van der Waals surface area contributed by atoms with E-state index in [0.717, 1.165) is 0 Å². The third-order valence-electron chi connectivity index (χ3n) is 2.39. The number of alkyl halides is 1. The Kier molecular flexibility index (Phi) is 2.61. The van der Waals surface area contributed by atoms with Gasteiger partial charge in [0.1, 0.15) is 6.07 Å². The first-order chi connectivity index (χ1) is 7.22. The fourth-order valence-corrected chi connectivity index (χ4v) is 1.97. The zero-order valence-electron chi connectivity index (χ0n) is 7.98. The summed E-state index contributed by atoms with van der Waals surface area (Å²) in [6.45, 7) is 0.485. The van der Waals surface area contributed by atoms with Crippen LogP contribution in [0.25, 0.3) is 0 Å². The van der Waals surface area contributed by atoms with Gasteiger partial charge in [-0.3, -0.25) is 4.79 Å². The summed E-state index contributed by atoms with van der Waals surface area (Å²) in [7, 11) is 0. The highest BCUT2D eigenvalue weighted by Crippen LogP contribution is 2.26. The van der Waals surface area contributed by atoms with E-state index < -0.39 is 0 Å². The molecule has 15 heavy (non-hydrogen) atoms. The lowest BCUT2D eigenvalue weighted by molar-refractivity contribution is -0.117. The van der Waals surface area contributed by atoms with Crippen molar-refractivity contribution in [3.63, 3.8) is 0 Å². The van der Waals surface area contributed by atoms with Gasteiger partial charge in [-0.15, -0.1) is 11.6 Å². The van der Waals surface area contributed by atoms with E-state index in [0.29, 0.717) is 24.2 Å². The molecule has 0 aliphatic carbocycles. The Hall–Kier alpha value is -1.53. The molecule has 0 spiro atoms. The zero-order chi connectivity index (χ0) is 10.8. The maximum atomic E-state index is 11.6. The molecule has 2 rings (SSSR count).